The molecule has 0 unspecified atom stereocenters. The van der Waals surface area contributed by atoms with Gasteiger partial charge < -0.3 is 4.74 Å². The fraction of sp³-hybridized carbons (Fsp3) is 0.455. The Bertz CT molecular complexity index is 501. The normalized spacial score (nSPS) is 18.4. The van der Waals surface area contributed by atoms with Crippen molar-refractivity contribution in [3.05, 3.63) is 22.7 Å². The van der Waals surface area contributed by atoms with Crippen LogP contribution in [-0.2, 0) is 17.9 Å². The molecule has 0 radical (unpaired) electrons. The van der Waals surface area contributed by atoms with E-state index < -0.39 is 0 Å². The molecular formula is C11H13N3OS. The molecule has 0 bridgehead atoms. The van der Waals surface area contributed by atoms with E-state index in [4.69, 9.17) is 4.74 Å². The van der Waals surface area contributed by atoms with Crippen LogP contribution in [0.1, 0.15) is 19.5 Å². The molecule has 0 aliphatic carbocycles. The average Bonchev–Trinajstić information content (AvgIpc) is 2.81. The van der Waals surface area contributed by atoms with Crippen LogP contribution in [0.5, 0.6) is 0 Å². The summed E-state index contributed by atoms with van der Waals surface area (Å²) in [6, 6.07) is 2.06. The van der Waals surface area contributed by atoms with Crippen LogP contribution in [0.25, 0.3) is 11.4 Å². The summed E-state index contributed by atoms with van der Waals surface area (Å²) in [6.45, 7) is 5.59. The Morgan fingerprint density at radius 3 is 3.06 bits per heavy atom. The topological polar surface area (TPSA) is 39.9 Å². The monoisotopic (exact) mass is 235 g/mol. The summed E-state index contributed by atoms with van der Waals surface area (Å²) in [4.78, 5) is 4.27. The van der Waals surface area contributed by atoms with Gasteiger partial charge in [-0.1, -0.05) is 0 Å². The summed E-state index contributed by atoms with van der Waals surface area (Å²) in [5.41, 5.74) is 4.72. The highest BCUT2D eigenvalue weighted by molar-refractivity contribution is 7.07. The van der Waals surface area contributed by atoms with Gasteiger partial charge in [0, 0.05) is 5.38 Å². The van der Waals surface area contributed by atoms with Crippen LogP contribution in [0, 0.1) is 0 Å². The van der Waals surface area contributed by atoms with Crippen LogP contribution < -0.4 is 0 Å². The van der Waals surface area contributed by atoms with Gasteiger partial charge in [-0.05, 0) is 19.9 Å². The second kappa shape index (κ2) is 3.40. The standard InChI is InChI=1S/C11H13N3OS/c1-11(2)6-14-8(4-15-11)3-9(13-14)10-5-16-7-12-10/h3,5,7H,4,6H2,1-2H3. The zero-order chi connectivity index (χ0) is 11.2. The van der Waals surface area contributed by atoms with Crippen LogP contribution >= 0.6 is 11.3 Å². The first kappa shape index (κ1) is 9.99. The second-order valence-corrected chi connectivity index (χ2v) is 5.32. The lowest BCUT2D eigenvalue weighted by Gasteiger charge is -2.30. The molecule has 2 aromatic heterocycles. The lowest BCUT2D eigenvalue weighted by atomic mass is 10.1. The summed E-state index contributed by atoms with van der Waals surface area (Å²) in [5, 5.41) is 6.58. The second-order valence-electron chi connectivity index (χ2n) is 4.60. The number of aromatic nitrogens is 3. The van der Waals surface area contributed by atoms with Gasteiger partial charge in [0.15, 0.2) is 0 Å². The third-order valence-corrected chi connectivity index (χ3v) is 3.29. The maximum Gasteiger partial charge on any atom is 0.112 e. The van der Waals surface area contributed by atoms with Crippen molar-refractivity contribution in [3.63, 3.8) is 0 Å². The molecule has 2 aromatic rings. The van der Waals surface area contributed by atoms with E-state index in [9.17, 15) is 0 Å². The molecule has 0 atom stereocenters. The molecule has 3 rings (SSSR count). The zero-order valence-corrected chi connectivity index (χ0v) is 10.1. The van der Waals surface area contributed by atoms with E-state index in [-0.39, 0.29) is 5.60 Å². The van der Waals surface area contributed by atoms with Gasteiger partial charge in [0.25, 0.3) is 0 Å². The Hall–Kier alpha value is -1.20. The van der Waals surface area contributed by atoms with E-state index in [1.807, 2.05) is 15.6 Å². The molecule has 0 spiro atoms. The van der Waals surface area contributed by atoms with Gasteiger partial charge >= 0.3 is 0 Å². The van der Waals surface area contributed by atoms with Gasteiger partial charge in [-0.2, -0.15) is 5.10 Å². The number of hydrogen-bond acceptors (Lipinski definition) is 4. The largest absolute Gasteiger partial charge is 0.367 e. The highest BCUT2D eigenvalue weighted by Crippen LogP contribution is 2.26. The van der Waals surface area contributed by atoms with E-state index >= 15 is 0 Å². The smallest absolute Gasteiger partial charge is 0.112 e. The van der Waals surface area contributed by atoms with Crippen molar-refractivity contribution in [2.24, 2.45) is 0 Å². The van der Waals surface area contributed by atoms with Crippen LogP contribution in [0.4, 0.5) is 0 Å². The first-order chi connectivity index (χ1) is 7.64. The summed E-state index contributed by atoms with van der Waals surface area (Å²) < 4.78 is 7.77. The Balaban J connectivity index is 1.99. The van der Waals surface area contributed by atoms with Crippen molar-refractivity contribution >= 4 is 11.3 Å². The van der Waals surface area contributed by atoms with Crippen molar-refractivity contribution < 1.29 is 4.74 Å². The van der Waals surface area contributed by atoms with Gasteiger partial charge in [0.2, 0.25) is 0 Å². The summed E-state index contributed by atoms with van der Waals surface area (Å²) >= 11 is 1.59. The minimum absolute atomic E-state index is 0.127. The van der Waals surface area contributed by atoms with Crippen molar-refractivity contribution in [1.29, 1.82) is 0 Å². The first-order valence-corrected chi connectivity index (χ1v) is 6.18. The fourth-order valence-electron chi connectivity index (χ4n) is 1.85. The van der Waals surface area contributed by atoms with Crippen molar-refractivity contribution in [3.8, 4) is 11.4 Å². The number of rotatable bonds is 1. The molecule has 16 heavy (non-hydrogen) atoms. The lowest BCUT2D eigenvalue weighted by Crippen LogP contribution is -2.36. The van der Waals surface area contributed by atoms with Gasteiger partial charge in [-0.15, -0.1) is 11.3 Å². The summed E-state index contributed by atoms with van der Waals surface area (Å²) in [7, 11) is 0. The molecule has 3 heterocycles. The predicted molar refractivity (Wildman–Crippen MR) is 62.2 cm³/mol. The first-order valence-electron chi connectivity index (χ1n) is 5.23. The van der Waals surface area contributed by atoms with Crippen molar-refractivity contribution in [2.45, 2.75) is 32.6 Å². The van der Waals surface area contributed by atoms with Crippen LogP contribution in [0.15, 0.2) is 17.0 Å². The Kier molecular flexibility index (Phi) is 2.12. The Morgan fingerprint density at radius 2 is 2.31 bits per heavy atom. The van der Waals surface area contributed by atoms with Crippen molar-refractivity contribution in [2.75, 3.05) is 0 Å². The van der Waals surface area contributed by atoms with Gasteiger partial charge in [0.05, 0.1) is 30.0 Å². The van der Waals surface area contributed by atoms with E-state index in [0.717, 1.165) is 23.6 Å². The molecule has 1 aliphatic rings. The molecule has 1 aliphatic heterocycles. The Morgan fingerprint density at radius 1 is 1.44 bits per heavy atom. The Labute approximate surface area is 97.9 Å². The van der Waals surface area contributed by atoms with Crippen LogP contribution in [0.2, 0.25) is 0 Å². The molecule has 0 saturated carbocycles. The number of nitrogens with zero attached hydrogens (tertiary/aromatic N) is 3. The molecule has 5 heteroatoms. The third kappa shape index (κ3) is 1.66. The molecule has 0 saturated heterocycles. The average molecular weight is 235 g/mol. The highest BCUT2D eigenvalue weighted by Gasteiger charge is 2.27. The zero-order valence-electron chi connectivity index (χ0n) is 9.30. The number of thiazole rings is 1. The fourth-order valence-corrected chi connectivity index (χ4v) is 2.39. The van der Waals surface area contributed by atoms with Crippen LogP contribution in [-0.4, -0.2) is 20.4 Å². The van der Waals surface area contributed by atoms with Crippen molar-refractivity contribution in [1.82, 2.24) is 14.8 Å². The van der Waals surface area contributed by atoms with E-state index in [1.54, 1.807) is 11.3 Å². The predicted octanol–water partition coefficient (Wildman–Crippen LogP) is 2.32. The SMILES string of the molecule is CC1(C)Cn2nc(-c3cscn3)cc2CO1. The van der Waals surface area contributed by atoms with Gasteiger partial charge in [0.1, 0.15) is 11.4 Å². The quantitative estimate of drug-likeness (QED) is 0.761. The van der Waals surface area contributed by atoms with Gasteiger partial charge in [-0.3, -0.25) is 4.68 Å². The molecule has 0 amide bonds. The molecule has 4 nitrogen and oxygen atoms in total. The number of ether oxygens (including phenoxy) is 1. The summed E-state index contributed by atoms with van der Waals surface area (Å²) in [6.07, 6.45) is 0. The summed E-state index contributed by atoms with van der Waals surface area (Å²) in [5.74, 6) is 0. The minimum atomic E-state index is -0.127. The lowest BCUT2D eigenvalue weighted by molar-refractivity contribution is -0.0660. The van der Waals surface area contributed by atoms with E-state index in [1.165, 1.54) is 0 Å². The molecule has 0 N–H and O–H groups in total. The minimum Gasteiger partial charge on any atom is -0.367 e. The third-order valence-electron chi connectivity index (χ3n) is 2.70. The maximum absolute atomic E-state index is 5.74. The molecular weight excluding hydrogens is 222 g/mol. The molecule has 84 valence electrons. The van der Waals surface area contributed by atoms with E-state index in [2.05, 4.69) is 30.0 Å². The van der Waals surface area contributed by atoms with Crippen LogP contribution in [0.3, 0.4) is 0 Å². The molecule has 0 fully saturated rings. The van der Waals surface area contributed by atoms with Gasteiger partial charge in [-0.25, -0.2) is 4.98 Å². The maximum atomic E-state index is 5.74. The van der Waals surface area contributed by atoms with E-state index in [0.29, 0.717) is 6.61 Å². The molecule has 0 aromatic carbocycles. The number of fused-ring (bicyclic) bond motifs is 1. The highest BCUT2D eigenvalue weighted by atomic mass is 32.1. The number of hydrogen-bond donors (Lipinski definition) is 0.